The van der Waals surface area contributed by atoms with Crippen LogP contribution in [0.4, 0.5) is 0 Å². The summed E-state index contributed by atoms with van der Waals surface area (Å²) in [5.74, 6) is 0.00859. The third-order valence-electron chi connectivity index (χ3n) is 5.48. The van der Waals surface area contributed by atoms with Crippen molar-refractivity contribution in [1.82, 2.24) is 14.9 Å². The number of carbonyl (C=O) groups is 1. The van der Waals surface area contributed by atoms with Gasteiger partial charge in [-0.1, -0.05) is 12.5 Å². The number of hydrogen-bond donors (Lipinski definition) is 1. The van der Waals surface area contributed by atoms with Crippen molar-refractivity contribution in [3.05, 3.63) is 36.2 Å². The first kappa shape index (κ1) is 14.6. The number of nitrogens with zero attached hydrogens (tertiary/aromatic N) is 3. The van der Waals surface area contributed by atoms with E-state index in [9.17, 15) is 9.90 Å². The largest absolute Gasteiger partial charge is 0.392 e. The molecule has 1 aliphatic heterocycles. The monoisotopic (exact) mass is 311 g/mol. The van der Waals surface area contributed by atoms with Crippen molar-refractivity contribution in [2.45, 2.75) is 38.2 Å². The maximum absolute atomic E-state index is 13.0. The fourth-order valence-corrected chi connectivity index (χ4v) is 4.27. The second kappa shape index (κ2) is 5.57. The molecule has 1 saturated heterocycles. The fourth-order valence-electron chi connectivity index (χ4n) is 4.27. The van der Waals surface area contributed by atoms with E-state index in [0.29, 0.717) is 17.6 Å². The Morgan fingerprint density at radius 1 is 1.22 bits per heavy atom. The first-order chi connectivity index (χ1) is 11.2. The second-order valence-electron chi connectivity index (χ2n) is 6.83. The number of piperidine rings is 1. The number of hydrogen-bond acceptors (Lipinski definition) is 4. The van der Waals surface area contributed by atoms with Gasteiger partial charge < -0.3 is 10.0 Å². The molecule has 1 amide bonds. The van der Waals surface area contributed by atoms with Crippen molar-refractivity contribution >= 4 is 16.9 Å². The molecule has 1 aromatic carbocycles. The molecule has 1 aromatic heterocycles. The van der Waals surface area contributed by atoms with Crippen LogP contribution < -0.4 is 0 Å². The van der Waals surface area contributed by atoms with Crippen LogP contribution in [0.15, 0.2) is 30.6 Å². The molecule has 5 heteroatoms. The number of fused-ring (bicyclic) bond motifs is 1. The van der Waals surface area contributed by atoms with Crippen LogP contribution in [0.3, 0.4) is 0 Å². The summed E-state index contributed by atoms with van der Waals surface area (Å²) in [6.45, 7) is 1.41. The summed E-state index contributed by atoms with van der Waals surface area (Å²) in [6, 6.07) is 5.55. The predicted octanol–water partition coefficient (Wildman–Crippen LogP) is 2.40. The fraction of sp³-hybridized carbons (Fsp3) is 0.500. The molecular formula is C18H21N3O2. The Hall–Kier alpha value is -2.01. The lowest BCUT2D eigenvalue weighted by atomic mass is 9.76. The SMILES string of the molecule is O=C(c1cccc2nccnc12)N1CCC[C@@]2(CCC[C@H]2O)C1. The van der Waals surface area contributed by atoms with Gasteiger partial charge in [0.1, 0.15) is 5.52 Å². The maximum atomic E-state index is 13.0. The molecule has 0 radical (unpaired) electrons. The molecule has 2 aromatic rings. The Morgan fingerprint density at radius 3 is 2.87 bits per heavy atom. The lowest BCUT2D eigenvalue weighted by Gasteiger charge is -2.42. The van der Waals surface area contributed by atoms with Crippen LogP contribution in [0.2, 0.25) is 0 Å². The van der Waals surface area contributed by atoms with Crippen molar-refractivity contribution in [3.8, 4) is 0 Å². The normalized spacial score (nSPS) is 27.7. The molecule has 4 rings (SSSR count). The molecule has 1 aliphatic carbocycles. The summed E-state index contributed by atoms with van der Waals surface area (Å²) in [5, 5.41) is 10.4. The molecule has 120 valence electrons. The van der Waals surface area contributed by atoms with Crippen LogP contribution in [-0.2, 0) is 0 Å². The van der Waals surface area contributed by atoms with Gasteiger partial charge in [0.05, 0.1) is 17.2 Å². The smallest absolute Gasteiger partial charge is 0.256 e. The van der Waals surface area contributed by atoms with Gasteiger partial charge in [-0.05, 0) is 37.8 Å². The molecule has 2 heterocycles. The summed E-state index contributed by atoms with van der Waals surface area (Å²) in [5.41, 5.74) is 1.92. The summed E-state index contributed by atoms with van der Waals surface area (Å²) in [6.07, 6.45) is 7.91. The molecular weight excluding hydrogens is 290 g/mol. The average molecular weight is 311 g/mol. The highest BCUT2D eigenvalue weighted by molar-refractivity contribution is 6.04. The van der Waals surface area contributed by atoms with E-state index >= 15 is 0 Å². The van der Waals surface area contributed by atoms with E-state index in [-0.39, 0.29) is 17.4 Å². The van der Waals surface area contributed by atoms with Crippen LogP contribution in [0.25, 0.3) is 11.0 Å². The van der Waals surface area contributed by atoms with Gasteiger partial charge in [0.15, 0.2) is 0 Å². The molecule has 0 unspecified atom stereocenters. The van der Waals surface area contributed by atoms with Gasteiger partial charge in [-0.2, -0.15) is 0 Å². The van der Waals surface area contributed by atoms with Gasteiger partial charge >= 0.3 is 0 Å². The topological polar surface area (TPSA) is 66.3 Å². The van der Waals surface area contributed by atoms with E-state index < -0.39 is 0 Å². The molecule has 1 saturated carbocycles. The number of para-hydroxylation sites is 1. The Balaban J connectivity index is 1.66. The van der Waals surface area contributed by atoms with Crippen LogP contribution in [-0.4, -0.2) is 45.1 Å². The van der Waals surface area contributed by atoms with Gasteiger partial charge in [0.25, 0.3) is 5.91 Å². The lowest BCUT2D eigenvalue weighted by Crippen LogP contribution is -2.49. The molecule has 1 spiro atoms. The summed E-state index contributed by atoms with van der Waals surface area (Å²) < 4.78 is 0. The van der Waals surface area contributed by atoms with Gasteiger partial charge in [0.2, 0.25) is 0 Å². The summed E-state index contributed by atoms with van der Waals surface area (Å²) in [4.78, 5) is 23.6. The minimum atomic E-state index is -0.273. The van der Waals surface area contributed by atoms with Gasteiger partial charge in [-0.15, -0.1) is 0 Å². The number of rotatable bonds is 1. The Bertz CT molecular complexity index is 743. The Kier molecular flexibility index (Phi) is 3.53. The van der Waals surface area contributed by atoms with Crippen molar-refractivity contribution in [3.63, 3.8) is 0 Å². The minimum Gasteiger partial charge on any atom is -0.392 e. The highest BCUT2D eigenvalue weighted by Crippen LogP contribution is 2.45. The highest BCUT2D eigenvalue weighted by Gasteiger charge is 2.45. The molecule has 1 N–H and O–H groups in total. The van der Waals surface area contributed by atoms with Crippen molar-refractivity contribution < 1.29 is 9.90 Å². The van der Waals surface area contributed by atoms with Gasteiger partial charge in [-0.3, -0.25) is 14.8 Å². The molecule has 23 heavy (non-hydrogen) atoms. The molecule has 2 fully saturated rings. The number of amides is 1. The molecule has 2 aliphatic rings. The minimum absolute atomic E-state index is 0.00859. The van der Waals surface area contributed by atoms with Crippen molar-refractivity contribution in [2.75, 3.05) is 13.1 Å². The zero-order valence-electron chi connectivity index (χ0n) is 13.1. The first-order valence-corrected chi connectivity index (χ1v) is 8.37. The van der Waals surface area contributed by atoms with Gasteiger partial charge in [0, 0.05) is 30.9 Å². The predicted molar refractivity (Wildman–Crippen MR) is 87.0 cm³/mol. The standard InChI is InChI=1S/C18H21N3O2/c22-15-6-2-7-18(15)8-3-11-21(12-18)17(23)13-4-1-5-14-16(13)20-10-9-19-14/h1,4-5,9-10,15,22H,2-3,6-8,11-12H2/t15-,18+/m1/s1. The zero-order valence-corrected chi connectivity index (χ0v) is 13.1. The third kappa shape index (κ3) is 2.39. The number of benzene rings is 1. The van der Waals surface area contributed by atoms with E-state index in [0.717, 1.165) is 44.2 Å². The van der Waals surface area contributed by atoms with E-state index in [1.54, 1.807) is 12.4 Å². The molecule has 2 atom stereocenters. The first-order valence-electron chi connectivity index (χ1n) is 8.37. The number of aliphatic hydroxyl groups excluding tert-OH is 1. The number of aromatic nitrogens is 2. The lowest BCUT2D eigenvalue weighted by molar-refractivity contribution is -0.00529. The molecule has 5 nitrogen and oxygen atoms in total. The number of likely N-dealkylation sites (tertiary alicyclic amines) is 1. The zero-order chi connectivity index (χ0) is 15.9. The Morgan fingerprint density at radius 2 is 2.04 bits per heavy atom. The van der Waals surface area contributed by atoms with Crippen LogP contribution in [0.5, 0.6) is 0 Å². The Labute approximate surface area is 135 Å². The number of carbonyl (C=O) groups excluding carboxylic acids is 1. The summed E-state index contributed by atoms with van der Waals surface area (Å²) >= 11 is 0. The molecule has 0 bridgehead atoms. The third-order valence-corrected chi connectivity index (χ3v) is 5.48. The average Bonchev–Trinajstić information content (AvgIpc) is 2.93. The highest BCUT2D eigenvalue weighted by atomic mass is 16.3. The van der Waals surface area contributed by atoms with E-state index in [2.05, 4.69) is 9.97 Å². The van der Waals surface area contributed by atoms with E-state index in [1.807, 2.05) is 23.1 Å². The van der Waals surface area contributed by atoms with Gasteiger partial charge in [-0.25, -0.2) is 0 Å². The summed E-state index contributed by atoms with van der Waals surface area (Å²) in [7, 11) is 0. The maximum Gasteiger partial charge on any atom is 0.256 e. The van der Waals surface area contributed by atoms with E-state index in [1.165, 1.54) is 0 Å². The van der Waals surface area contributed by atoms with Crippen LogP contribution in [0.1, 0.15) is 42.5 Å². The quantitative estimate of drug-likeness (QED) is 0.878. The van der Waals surface area contributed by atoms with Crippen molar-refractivity contribution in [2.24, 2.45) is 5.41 Å². The second-order valence-corrected chi connectivity index (χ2v) is 6.83. The number of aliphatic hydroxyl groups is 1. The van der Waals surface area contributed by atoms with Crippen molar-refractivity contribution in [1.29, 1.82) is 0 Å². The van der Waals surface area contributed by atoms with Crippen LogP contribution in [0, 0.1) is 5.41 Å². The van der Waals surface area contributed by atoms with E-state index in [4.69, 9.17) is 0 Å². The van der Waals surface area contributed by atoms with Crippen LogP contribution >= 0.6 is 0 Å².